The van der Waals surface area contributed by atoms with Gasteiger partial charge < -0.3 is 19.4 Å². The molecule has 1 aromatic heterocycles. The largest absolute Gasteiger partial charge is 0.497 e. The van der Waals surface area contributed by atoms with Crippen LogP contribution in [-0.2, 0) is 4.79 Å². The molecule has 31 heavy (non-hydrogen) atoms. The number of hydrogen-bond donors (Lipinski definition) is 1. The molecule has 0 bridgehead atoms. The highest BCUT2D eigenvalue weighted by Crippen LogP contribution is 2.34. The zero-order valence-electron chi connectivity index (χ0n) is 18.0. The van der Waals surface area contributed by atoms with Crippen LogP contribution in [0.4, 0.5) is 0 Å². The molecule has 0 aliphatic rings. The first-order valence-corrected chi connectivity index (χ1v) is 10.2. The number of benzene rings is 3. The first-order chi connectivity index (χ1) is 15.1. The van der Waals surface area contributed by atoms with Crippen molar-refractivity contribution in [2.24, 2.45) is 0 Å². The molecule has 0 spiro atoms. The van der Waals surface area contributed by atoms with Crippen molar-refractivity contribution < 1.29 is 14.3 Å². The van der Waals surface area contributed by atoms with E-state index < -0.39 is 0 Å². The van der Waals surface area contributed by atoms with Gasteiger partial charge in [0.1, 0.15) is 11.5 Å². The van der Waals surface area contributed by atoms with E-state index in [0.29, 0.717) is 5.75 Å². The Morgan fingerprint density at radius 3 is 2.52 bits per heavy atom. The Kier molecular flexibility index (Phi) is 5.94. The van der Waals surface area contributed by atoms with Crippen molar-refractivity contribution in [1.29, 1.82) is 0 Å². The maximum absolute atomic E-state index is 13.1. The Morgan fingerprint density at radius 2 is 1.77 bits per heavy atom. The second-order valence-electron chi connectivity index (χ2n) is 7.58. The van der Waals surface area contributed by atoms with Gasteiger partial charge in [-0.05, 0) is 48.4 Å². The molecule has 0 fully saturated rings. The molecular weight excluding hydrogens is 388 g/mol. The summed E-state index contributed by atoms with van der Waals surface area (Å²) in [7, 11) is 3.46. The second kappa shape index (κ2) is 8.96. The van der Waals surface area contributed by atoms with Crippen LogP contribution in [0.15, 0.2) is 79.0 Å². The number of hydrogen-bond acceptors (Lipinski definition) is 3. The third-order valence-corrected chi connectivity index (χ3v) is 5.48. The molecular formula is C26H26N2O3. The highest BCUT2D eigenvalue weighted by Gasteiger charge is 2.26. The van der Waals surface area contributed by atoms with Gasteiger partial charge in [-0.3, -0.25) is 4.79 Å². The molecule has 158 valence electrons. The van der Waals surface area contributed by atoms with E-state index in [4.69, 9.17) is 9.47 Å². The average Bonchev–Trinajstić information content (AvgIpc) is 3.22. The molecule has 0 saturated carbocycles. The van der Waals surface area contributed by atoms with Crippen LogP contribution < -0.4 is 9.47 Å². The van der Waals surface area contributed by atoms with Crippen molar-refractivity contribution >= 4 is 16.8 Å². The number of aryl methyl sites for hydroxylation is 1. The van der Waals surface area contributed by atoms with Gasteiger partial charge in [-0.2, -0.15) is 0 Å². The lowest BCUT2D eigenvalue weighted by Gasteiger charge is -2.29. The quantitative estimate of drug-likeness (QED) is 0.457. The summed E-state index contributed by atoms with van der Waals surface area (Å²) < 4.78 is 11.1. The van der Waals surface area contributed by atoms with Crippen LogP contribution in [0.2, 0.25) is 0 Å². The van der Waals surface area contributed by atoms with Crippen LogP contribution in [0.3, 0.4) is 0 Å². The minimum atomic E-state index is -0.268. The van der Waals surface area contributed by atoms with Gasteiger partial charge >= 0.3 is 0 Å². The minimum Gasteiger partial charge on any atom is -0.497 e. The number of amides is 1. The van der Waals surface area contributed by atoms with Crippen LogP contribution in [0.1, 0.15) is 22.7 Å². The molecule has 0 radical (unpaired) electrons. The standard InChI is InChI=1S/C26H26N2O3/c1-18-7-6-8-21(15-18)31-17-25(29)28(2)26(19-11-13-20(30-3)14-12-19)23-16-27-24-10-5-4-9-22(23)24/h4-16,26-27H,17H2,1-3H3. The van der Waals surface area contributed by atoms with E-state index in [-0.39, 0.29) is 18.6 Å². The van der Waals surface area contributed by atoms with Crippen molar-refractivity contribution in [3.8, 4) is 11.5 Å². The number of para-hydroxylation sites is 1. The molecule has 4 aromatic rings. The van der Waals surface area contributed by atoms with Crippen molar-refractivity contribution in [2.75, 3.05) is 20.8 Å². The lowest BCUT2D eigenvalue weighted by molar-refractivity contribution is -0.133. The summed E-state index contributed by atoms with van der Waals surface area (Å²) in [5, 5.41) is 1.09. The summed E-state index contributed by atoms with van der Waals surface area (Å²) in [6, 6.07) is 23.4. The summed E-state index contributed by atoms with van der Waals surface area (Å²) in [5.41, 5.74) is 4.16. The maximum Gasteiger partial charge on any atom is 0.261 e. The first kappa shape index (κ1) is 20.5. The van der Waals surface area contributed by atoms with Crippen LogP contribution in [0.25, 0.3) is 10.9 Å². The zero-order valence-corrected chi connectivity index (χ0v) is 18.0. The SMILES string of the molecule is COc1ccc(C(c2c[nH]c3ccccc23)N(C)C(=O)COc2cccc(C)c2)cc1. The summed E-state index contributed by atoms with van der Waals surface area (Å²) in [4.78, 5) is 18.2. The summed E-state index contributed by atoms with van der Waals surface area (Å²) in [6.07, 6.45) is 1.98. The number of likely N-dealkylation sites (N-methyl/N-ethyl adjacent to an activating group) is 1. The number of fused-ring (bicyclic) bond motifs is 1. The first-order valence-electron chi connectivity index (χ1n) is 10.2. The van der Waals surface area contributed by atoms with Gasteiger partial charge in [0.15, 0.2) is 6.61 Å². The van der Waals surface area contributed by atoms with Crippen LogP contribution in [0.5, 0.6) is 11.5 Å². The van der Waals surface area contributed by atoms with Gasteiger partial charge in [-0.1, -0.05) is 42.5 Å². The van der Waals surface area contributed by atoms with Crippen molar-refractivity contribution in [3.05, 3.63) is 95.7 Å². The number of nitrogens with one attached hydrogen (secondary N) is 1. The number of aromatic amines is 1. The fraction of sp³-hybridized carbons (Fsp3) is 0.192. The number of H-pyrrole nitrogens is 1. The molecule has 1 heterocycles. The van der Waals surface area contributed by atoms with Crippen LogP contribution >= 0.6 is 0 Å². The van der Waals surface area contributed by atoms with E-state index in [2.05, 4.69) is 11.1 Å². The molecule has 0 saturated heterocycles. The Hall–Kier alpha value is -3.73. The topological polar surface area (TPSA) is 54.6 Å². The number of carbonyl (C=O) groups excluding carboxylic acids is 1. The zero-order chi connectivity index (χ0) is 21.8. The molecule has 1 atom stereocenters. The smallest absolute Gasteiger partial charge is 0.261 e. The Labute approximate surface area is 182 Å². The molecule has 5 heteroatoms. The van der Waals surface area contributed by atoms with E-state index in [1.165, 1.54) is 0 Å². The molecule has 4 rings (SSSR count). The molecule has 1 N–H and O–H groups in total. The van der Waals surface area contributed by atoms with Crippen molar-refractivity contribution in [1.82, 2.24) is 9.88 Å². The fourth-order valence-corrected chi connectivity index (χ4v) is 3.81. The third kappa shape index (κ3) is 4.40. The fourth-order valence-electron chi connectivity index (χ4n) is 3.81. The number of rotatable bonds is 7. The van der Waals surface area contributed by atoms with Gasteiger partial charge in [0.05, 0.1) is 13.2 Å². The predicted molar refractivity (Wildman–Crippen MR) is 123 cm³/mol. The van der Waals surface area contributed by atoms with E-state index in [1.54, 1.807) is 12.0 Å². The van der Waals surface area contributed by atoms with Gasteiger partial charge in [0.25, 0.3) is 5.91 Å². The van der Waals surface area contributed by atoms with E-state index in [0.717, 1.165) is 33.3 Å². The Morgan fingerprint density at radius 1 is 1.00 bits per heavy atom. The highest BCUT2D eigenvalue weighted by molar-refractivity contribution is 5.85. The van der Waals surface area contributed by atoms with E-state index >= 15 is 0 Å². The van der Waals surface area contributed by atoms with Crippen LogP contribution in [-0.4, -0.2) is 36.6 Å². The van der Waals surface area contributed by atoms with E-state index in [1.807, 2.05) is 86.9 Å². The number of carbonyl (C=O) groups is 1. The average molecular weight is 415 g/mol. The summed E-state index contributed by atoms with van der Waals surface area (Å²) in [5.74, 6) is 1.36. The Bertz CT molecular complexity index is 1180. The molecule has 1 amide bonds. The monoisotopic (exact) mass is 414 g/mol. The second-order valence-corrected chi connectivity index (χ2v) is 7.58. The van der Waals surface area contributed by atoms with Gasteiger partial charge in [0.2, 0.25) is 0 Å². The minimum absolute atomic E-state index is 0.0328. The van der Waals surface area contributed by atoms with Gasteiger partial charge in [0, 0.05) is 29.7 Å². The molecule has 3 aromatic carbocycles. The lowest BCUT2D eigenvalue weighted by Crippen LogP contribution is -2.35. The van der Waals surface area contributed by atoms with Crippen molar-refractivity contribution in [3.63, 3.8) is 0 Å². The normalized spacial score (nSPS) is 11.8. The third-order valence-electron chi connectivity index (χ3n) is 5.48. The van der Waals surface area contributed by atoms with Gasteiger partial charge in [-0.15, -0.1) is 0 Å². The van der Waals surface area contributed by atoms with Crippen molar-refractivity contribution in [2.45, 2.75) is 13.0 Å². The van der Waals surface area contributed by atoms with Gasteiger partial charge in [-0.25, -0.2) is 0 Å². The molecule has 0 aliphatic heterocycles. The maximum atomic E-state index is 13.1. The van der Waals surface area contributed by atoms with E-state index in [9.17, 15) is 4.79 Å². The predicted octanol–water partition coefficient (Wildman–Crippen LogP) is 5.11. The number of methoxy groups -OCH3 is 1. The molecule has 0 aliphatic carbocycles. The number of ether oxygens (including phenoxy) is 2. The number of aromatic nitrogens is 1. The van der Waals surface area contributed by atoms with Crippen LogP contribution in [0, 0.1) is 6.92 Å². The summed E-state index contributed by atoms with van der Waals surface area (Å²) in [6.45, 7) is 1.96. The lowest BCUT2D eigenvalue weighted by atomic mass is 9.96. The summed E-state index contributed by atoms with van der Waals surface area (Å²) >= 11 is 0. The highest BCUT2D eigenvalue weighted by atomic mass is 16.5. The Balaban J connectivity index is 1.65. The number of nitrogens with zero attached hydrogens (tertiary/aromatic N) is 1. The molecule has 1 unspecified atom stereocenters. The molecule has 5 nitrogen and oxygen atoms in total.